The molecule has 17 heavy (non-hydrogen) atoms. The van der Waals surface area contributed by atoms with Crippen LogP contribution < -0.4 is 0 Å². The molecule has 0 unspecified atom stereocenters. The van der Waals surface area contributed by atoms with Gasteiger partial charge in [0.1, 0.15) is 10.1 Å². The van der Waals surface area contributed by atoms with Crippen LogP contribution in [0.25, 0.3) is 6.08 Å². The van der Waals surface area contributed by atoms with E-state index < -0.39 is 0 Å². The number of carbonyl (C=O) groups is 2. The number of ketones is 1. The largest absolute Gasteiger partial charge is 0.454 e. The van der Waals surface area contributed by atoms with E-state index in [-0.39, 0.29) is 17.5 Å². The average molecular weight is 267 g/mol. The Morgan fingerprint density at radius 3 is 2.71 bits per heavy atom. The first-order valence-electron chi connectivity index (χ1n) is 4.81. The molecule has 0 aliphatic carbocycles. The van der Waals surface area contributed by atoms with Crippen LogP contribution in [-0.4, -0.2) is 28.0 Å². The van der Waals surface area contributed by atoms with Crippen LogP contribution >= 0.6 is 24.0 Å². The number of hydrogen-bond donors (Lipinski definition) is 0. The Labute approximate surface area is 108 Å². The molecule has 1 aliphatic rings. The third-order valence-corrected chi connectivity index (χ3v) is 3.72. The molecule has 1 aliphatic heterocycles. The maximum atomic E-state index is 11.7. The normalized spacial score (nSPS) is 18.2. The summed E-state index contributed by atoms with van der Waals surface area (Å²) in [5.41, 5.74) is 0. The van der Waals surface area contributed by atoms with E-state index in [2.05, 4.69) is 0 Å². The molecule has 1 saturated heterocycles. The highest BCUT2D eigenvalue weighted by Gasteiger charge is 2.28. The minimum Gasteiger partial charge on any atom is -0.454 e. The monoisotopic (exact) mass is 267 g/mol. The molecule has 0 spiro atoms. The number of thiocarbonyl (C=S) groups is 1. The third-order valence-electron chi connectivity index (χ3n) is 2.23. The molecule has 0 atom stereocenters. The van der Waals surface area contributed by atoms with E-state index in [4.69, 9.17) is 16.6 Å². The van der Waals surface area contributed by atoms with E-state index in [1.54, 1.807) is 25.3 Å². The lowest BCUT2D eigenvalue weighted by Crippen LogP contribution is -2.22. The quantitative estimate of drug-likeness (QED) is 0.467. The van der Waals surface area contributed by atoms with E-state index >= 15 is 0 Å². The van der Waals surface area contributed by atoms with Gasteiger partial charge in [-0.2, -0.15) is 0 Å². The van der Waals surface area contributed by atoms with Crippen molar-refractivity contribution in [2.75, 3.05) is 7.05 Å². The summed E-state index contributed by atoms with van der Waals surface area (Å²) >= 11 is 6.22. The zero-order valence-electron chi connectivity index (χ0n) is 9.22. The van der Waals surface area contributed by atoms with Gasteiger partial charge in [-0.05, 0) is 12.1 Å². The van der Waals surface area contributed by atoms with Crippen molar-refractivity contribution in [3.8, 4) is 0 Å². The lowest BCUT2D eigenvalue weighted by Gasteiger charge is -2.03. The Morgan fingerprint density at radius 1 is 1.53 bits per heavy atom. The summed E-state index contributed by atoms with van der Waals surface area (Å²) < 4.78 is 5.79. The number of hydrogen-bond acceptors (Lipinski definition) is 5. The second-order valence-electron chi connectivity index (χ2n) is 3.50. The maximum absolute atomic E-state index is 11.7. The highest BCUT2D eigenvalue weighted by atomic mass is 32.2. The summed E-state index contributed by atoms with van der Waals surface area (Å²) in [4.78, 5) is 24.7. The van der Waals surface area contributed by atoms with Crippen LogP contribution in [0.5, 0.6) is 0 Å². The molecule has 1 aromatic heterocycles. The molecule has 4 nitrogen and oxygen atoms in total. The number of furan rings is 1. The third kappa shape index (κ3) is 2.32. The van der Waals surface area contributed by atoms with Gasteiger partial charge in [0.25, 0.3) is 5.91 Å². The SMILES string of the molecule is CC(=O)c1ccc(/C=C2\SC(=S)N(C)C2=O)o1. The minimum atomic E-state index is -0.152. The van der Waals surface area contributed by atoms with E-state index in [1.807, 2.05) is 0 Å². The van der Waals surface area contributed by atoms with Crippen molar-refractivity contribution in [1.82, 2.24) is 4.90 Å². The van der Waals surface area contributed by atoms with Gasteiger partial charge in [-0.15, -0.1) is 0 Å². The first kappa shape index (κ1) is 12.1. The Bertz CT molecular complexity index is 545. The Balaban J connectivity index is 2.28. The number of thioether (sulfide) groups is 1. The Hall–Kier alpha value is -1.40. The van der Waals surface area contributed by atoms with Gasteiger partial charge in [0.15, 0.2) is 11.5 Å². The standard InChI is InChI=1S/C11H9NO3S2/c1-6(13)8-4-3-7(15-8)5-9-10(14)12(2)11(16)17-9/h3-5H,1-2H3/b9-5-. The molecule has 0 aromatic carbocycles. The number of Topliss-reactive ketones (excluding diaryl/α,β-unsaturated/α-hetero) is 1. The van der Waals surface area contributed by atoms with Crippen molar-refractivity contribution in [2.24, 2.45) is 0 Å². The summed E-state index contributed by atoms with van der Waals surface area (Å²) in [7, 11) is 1.63. The van der Waals surface area contributed by atoms with Crippen molar-refractivity contribution < 1.29 is 14.0 Å². The fraction of sp³-hybridized carbons (Fsp3) is 0.182. The summed E-state index contributed by atoms with van der Waals surface area (Å²) in [6.07, 6.45) is 1.59. The zero-order valence-corrected chi connectivity index (χ0v) is 10.9. The Kier molecular flexibility index (Phi) is 3.17. The fourth-order valence-electron chi connectivity index (χ4n) is 1.29. The average Bonchev–Trinajstić information content (AvgIpc) is 2.82. The van der Waals surface area contributed by atoms with Gasteiger partial charge < -0.3 is 4.42 Å². The van der Waals surface area contributed by atoms with Gasteiger partial charge in [0.2, 0.25) is 0 Å². The Morgan fingerprint density at radius 2 is 2.24 bits per heavy atom. The van der Waals surface area contributed by atoms with E-state index in [0.717, 1.165) is 0 Å². The van der Waals surface area contributed by atoms with Gasteiger partial charge in [-0.3, -0.25) is 14.5 Å². The highest BCUT2D eigenvalue weighted by molar-refractivity contribution is 8.26. The van der Waals surface area contributed by atoms with Crippen LogP contribution in [-0.2, 0) is 4.79 Å². The lowest BCUT2D eigenvalue weighted by molar-refractivity contribution is -0.121. The summed E-state index contributed by atoms with van der Waals surface area (Å²) in [5, 5.41) is 0. The number of carbonyl (C=O) groups excluding carboxylic acids is 2. The number of rotatable bonds is 2. The maximum Gasteiger partial charge on any atom is 0.266 e. The van der Waals surface area contributed by atoms with Gasteiger partial charge in [-0.25, -0.2) is 0 Å². The predicted molar refractivity (Wildman–Crippen MR) is 69.6 cm³/mol. The van der Waals surface area contributed by atoms with Crippen LogP contribution in [0.3, 0.4) is 0 Å². The van der Waals surface area contributed by atoms with Gasteiger partial charge in [0.05, 0.1) is 4.91 Å². The molecule has 0 N–H and O–H groups in total. The molecule has 0 bridgehead atoms. The molecule has 1 aromatic rings. The van der Waals surface area contributed by atoms with Crippen LogP contribution in [0.15, 0.2) is 21.5 Å². The number of nitrogens with zero attached hydrogens (tertiary/aromatic N) is 1. The topological polar surface area (TPSA) is 50.5 Å². The van der Waals surface area contributed by atoms with Gasteiger partial charge in [0, 0.05) is 20.0 Å². The fourth-order valence-corrected chi connectivity index (χ4v) is 2.45. The first-order chi connectivity index (χ1) is 7.99. The molecule has 2 heterocycles. The summed E-state index contributed by atoms with van der Waals surface area (Å²) in [6.45, 7) is 1.42. The highest BCUT2D eigenvalue weighted by Crippen LogP contribution is 2.31. The van der Waals surface area contributed by atoms with Crippen LogP contribution in [0.2, 0.25) is 0 Å². The second kappa shape index (κ2) is 4.46. The van der Waals surface area contributed by atoms with Gasteiger partial charge >= 0.3 is 0 Å². The minimum absolute atomic E-state index is 0.146. The molecule has 0 radical (unpaired) electrons. The van der Waals surface area contributed by atoms with Crippen molar-refractivity contribution in [3.05, 3.63) is 28.6 Å². The number of likely N-dealkylation sites (N-methyl/N-ethyl adjacent to an activating group) is 1. The molecule has 1 fully saturated rings. The number of amides is 1. The molecule has 0 saturated carbocycles. The van der Waals surface area contributed by atoms with Crippen molar-refractivity contribution in [2.45, 2.75) is 6.92 Å². The van der Waals surface area contributed by atoms with E-state index in [1.165, 1.54) is 23.6 Å². The second-order valence-corrected chi connectivity index (χ2v) is 5.17. The van der Waals surface area contributed by atoms with E-state index in [0.29, 0.717) is 15.0 Å². The molecule has 1 amide bonds. The first-order valence-corrected chi connectivity index (χ1v) is 6.04. The molecule has 6 heteroatoms. The van der Waals surface area contributed by atoms with Gasteiger partial charge in [-0.1, -0.05) is 24.0 Å². The molecular weight excluding hydrogens is 258 g/mol. The molecule has 2 rings (SSSR count). The summed E-state index contributed by atoms with van der Waals surface area (Å²) in [5.74, 6) is 0.459. The van der Waals surface area contributed by atoms with Crippen molar-refractivity contribution in [3.63, 3.8) is 0 Å². The molecule has 88 valence electrons. The van der Waals surface area contributed by atoms with Crippen molar-refractivity contribution in [1.29, 1.82) is 0 Å². The van der Waals surface area contributed by atoms with Crippen molar-refractivity contribution >= 4 is 46.1 Å². The smallest absolute Gasteiger partial charge is 0.266 e. The predicted octanol–water partition coefficient (Wildman–Crippen LogP) is 2.31. The van der Waals surface area contributed by atoms with E-state index in [9.17, 15) is 9.59 Å². The van der Waals surface area contributed by atoms with Crippen LogP contribution in [0, 0.1) is 0 Å². The molecular formula is C11H9NO3S2. The van der Waals surface area contributed by atoms with Crippen LogP contribution in [0.4, 0.5) is 0 Å². The van der Waals surface area contributed by atoms with Crippen LogP contribution in [0.1, 0.15) is 23.2 Å². The zero-order chi connectivity index (χ0) is 12.6. The summed E-state index contributed by atoms with van der Waals surface area (Å²) in [6, 6.07) is 3.24. The lowest BCUT2D eigenvalue weighted by atomic mass is 10.3.